The number of rotatable bonds is 19. The number of esters is 2. The van der Waals surface area contributed by atoms with Gasteiger partial charge in [0.2, 0.25) is 11.8 Å². The molecule has 4 heterocycles. The van der Waals surface area contributed by atoms with Crippen molar-refractivity contribution in [3.05, 3.63) is 154 Å². The quantitative estimate of drug-likeness (QED) is 0.0266. The highest BCUT2D eigenvalue weighted by molar-refractivity contribution is 6.38. The van der Waals surface area contributed by atoms with Crippen molar-refractivity contribution in [2.75, 3.05) is 51.9 Å². The normalized spacial score (nSPS) is 17.2. The number of nitrogens with zero attached hydrogens (tertiary/aromatic N) is 10. The molecule has 0 radical (unpaired) electrons. The van der Waals surface area contributed by atoms with Gasteiger partial charge in [-0.3, -0.25) is 24.4 Å². The molecule has 83 heavy (non-hydrogen) atoms. The van der Waals surface area contributed by atoms with Gasteiger partial charge in [0.05, 0.1) is 60.4 Å². The molecule has 0 fully saturated rings. The van der Waals surface area contributed by atoms with E-state index in [0.29, 0.717) is 56.2 Å². The third-order valence-electron chi connectivity index (χ3n) is 13.4. The van der Waals surface area contributed by atoms with Crippen LogP contribution in [0.3, 0.4) is 0 Å². The number of amides is 2. The summed E-state index contributed by atoms with van der Waals surface area (Å²) < 4.78 is 89.5. The van der Waals surface area contributed by atoms with Gasteiger partial charge in [0, 0.05) is 50.1 Å². The maximum Gasteiger partial charge on any atom is 0.384 e. The number of alkyl halides is 4. The van der Waals surface area contributed by atoms with E-state index < -0.39 is 102 Å². The lowest BCUT2D eigenvalue weighted by atomic mass is 10.0. The number of ketones is 1. The third-order valence-corrected chi connectivity index (χ3v) is 13.4. The number of benzene rings is 4. The van der Waals surface area contributed by atoms with Crippen LogP contribution in [0.5, 0.6) is 0 Å². The lowest BCUT2D eigenvalue weighted by Crippen LogP contribution is -2.58. The molecule has 4 aromatic carbocycles. The fraction of sp³-hybridized carbons (Fsp3) is 0.316. The van der Waals surface area contributed by atoms with Crippen molar-refractivity contribution in [3.8, 4) is 0 Å². The van der Waals surface area contributed by atoms with E-state index in [9.17, 15) is 41.5 Å². The largest absolute Gasteiger partial charge is 0.386 e. The summed E-state index contributed by atoms with van der Waals surface area (Å²) in [6.45, 7) is 5.75. The summed E-state index contributed by atoms with van der Waals surface area (Å²) in [5.74, 6) is -5.21. The molecule has 2 aliphatic heterocycles. The number of carbonyl (C=O) groups is 5. The second-order valence-corrected chi connectivity index (χ2v) is 19.9. The highest BCUT2D eigenvalue weighted by Crippen LogP contribution is 2.33. The second-order valence-electron chi connectivity index (χ2n) is 19.9. The fourth-order valence-electron chi connectivity index (χ4n) is 8.93. The molecule has 2 amide bonds. The minimum atomic E-state index is -3.01. The van der Waals surface area contributed by atoms with Gasteiger partial charge in [-0.2, -0.15) is 10.0 Å². The van der Waals surface area contributed by atoms with Crippen LogP contribution in [0.25, 0.3) is 21.8 Å². The van der Waals surface area contributed by atoms with Crippen LogP contribution >= 0.6 is 0 Å². The SMILES string of the molecule is Cc1nc(N[C@H](C)c2cccc(C(F)F)c2F)c2cc(CN=C3C=C[C@H](C(=O)OC(=O)C(=O)[C@H]4C=CC(=NCc5ccc6nc(C)nc(N[C@H](C)c7cccc(C(F)F)c7F)c6c5)NN4CC(=O)N(C)C)N(CC(=O)N(C)C)N3)ccc2n1. The number of anilines is 2. The summed E-state index contributed by atoms with van der Waals surface area (Å²) in [4.78, 5) is 97.3. The van der Waals surface area contributed by atoms with Gasteiger partial charge in [-0.15, -0.1) is 0 Å². The number of aromatic nitrogens is 4. The summed E-state index contributed by atoms with van der Waals surface area (Å²) in [5, 5.41) is 9.65. The maximum atomic E-state index is 15.1. The summed E-state index contributed by atoms with van der Waals surface area (Å²) in [6, 6.07) is 13.6. The number of amidine groups is 2. The van der Waals surface area contributed by atoms with Gasteiger partial charge >= 0.3 is 11.9 Å². The Morgan fingerprint density at radius 2 is 1.02 bits per heavy atom. The first-order valence-electron chi connectivity index (χ1n) is 25.9. The van der Waals surface area contributed by atoms with Gasteiger partial charge < -0.3 is 36.0 Å². The number of Topliss-reactive ketones (excluding diaryl/α,β-unsaturated/α-hetero) is 1. The van der Waals surface area contributed by atoms with E-state index >= 15 is 8.78 Å². The van der Waals surface area contributed by atoms with E-state index in [1.54, 1.807) is 64.1 Å². The number of aryl methyl sites for hydroxylation is 2. The van der Waals surface area contributed by atoms with Gasteiger partial charge in [-0.25, -0.2) is 55.9 Å². The Morgan fingerprint density at radius 3 is 1.45 bits per heavy atom. The van der Waals surface area contributed by atoms with E-state index in [2.05, 4.69) is 51.4 Å². The molecule has 4 atom stereocenters. The molecule has 0 unspecified atom stereocenters. The third kappa shape index (κ3) is 14.1. The van der Waals surface area contributed by atoms with Crippen molar-refractivity contribution < 1.29 is 55.1 Å². The molecule has 2 aromatic heterocycles. The predicted molar refractivity (Wildman–Crippen MR) is 297 cm³/mol. The number of hydrogen-bond acceptors (Lipinski definition) is 16. The zero-order chi connectivity index (χ0) is 60.0. The molecule has 0 saturated heterocycles. The molecule has 0 bridgehead atoms. The molecule has 2 aliphatic rings. The number of hydrogen-bond donors (Lipinski definition) is 4. The number of ether oxygens (including phenoxy) is 1. The molecule has 8 rings (SSSR count). The Bertz CT molecular complexity index is 3630. The van der Waals surface area contributed by atoms with Crippen LogP contribution in [-0.2, 0) is 41.8 Å². The number of likely N-dealkylation sites (N-methyl/N-ethyl adjacent to an activating group) is 2. The summed E-state index contributed by atoms with van der Waals surface area (Å²) in [7, 11) is 5.98. The van der Waals surface area contributed by atoms with Crippen LogP contribution in [0.4, 0.5) is 38.0 Å². The average Bonchev–Trinajstić information content (AvgIpc) is 3.58. The second kappa shape index (κ2) is 25.7. The van der Waals surface area contributed by atoms with Gasteiger partial charge in [0.15, 0.2) is 0 Å². The minimum Gasteiger partial charge on any atom is -0.386 e. The monoisotopic (exact) mass is 1150 g/mol. The molecule has 0 spiro atoms. The van der Waals surface area contributed by atoms with Gasteiger partial charge in [0.1, 0.15) is 58.7 Å². The topological polar surface area (TPSA) is 232 Å². The van der Waals surface area contributed by atoms with E-state index in [1.807, 2.05) is 0 Å². The number of nitrogens with one attached hydrogen (secondary N) is 4. The lowest BCUT2D eigenvalue weighted by Gasteiger charge is -2.33. The molecule has 20 nitrogen and oxygen atoms in total. The van der Waals surface area contributed by atoms with Crippen LogP contribution in [0.2, 0.25) is 0 Å². The smallest absolute Gasteiger partial charge is 0.384 e. The Labute approximate surface area is 472 Å². The van der Waals surface area contributed by atoms with E-state index in [4.69, 9.17) is 4.74 Å². The highest BCUT2D eigenvalue weighted by Gasteiger charge is 2.38. The van der Waals surface area contributed by atoms with Crippen LogP contribution in [0.1, 0.15) is 83.8 Å². The maximum absolute atomic E-state index is 15.1. The number of halogens is 6. The van der Waals surface area contributed by atoms with Crippen LogP contribution in [0, 0.1) is 25.5 Å². The van der Waals surface area contributed by atoms with Crippen molar-refractivity contribution in [1.29, 1.82) is 0 Å². The predicted octanol–water partition coefficient (Wildman–Crippen LogP) is 7.49. The van der Waals surface area contributed by atoms with Gasteiger partial charge in [0.25, 0.3) is 18.6 Å². The molecular formula is C57H58F6N14O6. The summed E-state index contributed by atoms with van der Waals surface area (Å²) in [6.07, 6.45) is -0.539. The molecule has 26 heteroatoms. The summed E-state index contributed by atoms with van der Waals surface area (Å²) >= 11 is 0. The first-order chi connectivity index (χ1) is 39.4. The number of aliphatic imine (C=N–C) groups is 2. The molecule has 4 N–H and O–H groups in total. The highest BCUT2D eigenvalue weighted by atomic mass is 19.3. The Kier molecular flexibility index (Phi) is 18.6. The number of carbonyl (C=O) groups excluding carboxylic acids is 5. The first-order valence-corrected chi connectivity index (χ1v) is 25.9. The van der Waals surface area contributed by atoms with Crippen molar-refractivity contribution >= 4 is 74.6 Å². The number of hydrazine groups is 2. The van der Waals surface area contributed by atoms with E-state index in [-0.39, 0.29) is 35.9 Å². The van der Waals surface area contributed by atoms with Crippen molar-refractivity contribution in [2.24, 2.45) is 9.98 Å². The Hall–Kier alpha value is -9.17. The van der Waals surface area contributed by atoms with Crippen molar-refractivity contribution in [3.63, 3.8) is 0 Å². The van der Waals surface area contributed by atoms with E-state index in [1.165, 1.54) is 91.6 Å². The average molecular weight is 1150 g/mol. The summed E-state index contributed by atoms with van der Waals surface area (Å²) in [5.41, 5.74) is 6.79. The fourth-order valence-corrected chi connectivity index (χ4v) is 8.93. The van der Waals surface area contributed by atoms with E-state index in [0.717, 1.165) is 17.1 Å². The van der Waals surface area contributed by atoms with Crippen molar-refractivity contribution in [1.82, 2.24) is 50.6 Å². The standard InChI is InChI=1S/C57H58F6N14O6/c1-29(35-11-9-13-37(49(35)58)52(60)61)66-54-39-23-33(15-17-41(39)68-31(3)70-54)25-64-45-21-19-43(76(72-45)27-47(78)74(5)6)51(80)57(82)83-56(81)44-20-22-46(73-77(44)28-48(79)75(7)8)65-26-34-16-18-42-40(24-34)55(71-32(4)69-42)67-30(2)36-12-10-14-38(50(36)59)53(62)63/h9-24,29-30,43-44,52-53H,25-28H2,1-8H3,(H,64,72)(H,65,73)(H,66,68,70)(H,67,69,71)/t29-,30-,43-,44-/m1/s1. The Balaban J connectivity index is 0.966. The van der Waals surface area contributed by atoms with Gasteiger partial charge in [-0.1, -0.05) is 60.7 Å². The zero-order valence-corrected chi connectivity index (χ0v) is 46.2. The first kappa shape index (κ1) is 59.9. The molecule has 0 saturated carbocycles. The van der Waals surface area contributed by atoms with Crippen molar-refractivity contribution in [2.45, 2.75) is 77.8 Å². The molecule has 434 valence electrons. The zero-order valence-electron chi connectivity index (χ0n) is 46.2. The lowest BCUT2D eigenvalue weighted by molar-refractivity contribution is -0.168. The number of fused-ring (bicyclic) bond motifs is 2. The Morgan fingerprint density at radius 1 is 0.614 bits per heavy atom. The van der Waals surface area contributed by atoms with Crippen LogP contribution < -0.4 is 21.5 Å². The van der Waals surface area contributed by atoms with Gasteiger partial charge in [-0.05, 0) is 75.2 Å². The molecule has 0 aliphatic carbocycles. The molecule has 6 aromatic rings. The van der Waals surface area contributed by atoms with Crippen LogP contribution in [0.15, 0.2) is 107 Å². The minimum absolute atomic E-state index is 0.0170. The molecular weight excluding hydrogens is 1090 g/mol. The van der Waals surface area contributed by atoms with Crippen LogP contribution in [-0.4, -0.2) is 134 Å².